The molecule has 1 heterocycles. The first-order chi connectivity index (χ1) is 16.3. The van der Waals surface area contributed by atoms with Gasteiger partial charge in [-0.25, -0.2) is 9.78 Å². The van der Waals surface area contributed by atoms with E-state index in [1.807, 2.05) is 0 Å². The Kier molecular flexibility index (Phi) is 8.39. The van der Waals surface area contributed by atoms with Gasteiger partial charge >= 0.3 is 5.97 Å². The van der Waals surface area contributed by atoms with E-state index in [1.165, 1.54) is 45.7 Å². The van der Waals surface area contributed by atoms with Crippen molar-refractivity contribution in [1.29, 1.82) is 0 Å². The lowest BCUT2D eigenvalue weighted by Gasteiger charge is -2.15. The standard InChI is InChI=1S/C23H20Cl2N2O7/c1-30-19-9-16(23(29)32-3)18(10-20(19)31-2)27-21(28)12-33-14-4-6-15(7-5-14)34-22-17(25)8-13(24)11-26-22/h4-11H,12H2,1-3H3,(H,27,28). The first-order valence-electron chi connectivity index (χ1n) is 9.70. The normalized spacial score (nSPS) is 10.3. The number of benzene rings is 2. The molecule has 0 saturated carbocycles. The molecule has 0 bridgehead atoms. The molecule has 1 aromatic heterocycles. The molecule has 9 nitrogen and oxygen atoms in total. The maximum atomic E-state index is 12.5. The van der Waals surface area contributed by atoms with E-state index in [0.29, 0.717) is 28.0 Å². The van der Waals surface area contributed by atoms with Gasteiger partial charge in [0, 0.05) is 18.3 Å². The topological polar surface area (TPSA) is 105 Å². The highest BCUT2D eigenvalue weighted by Gasteiger charge is 2.19. The van der Waals surface area contributed by atoms with Crippen molar-refractivity contribution in [3.8, 4) is 28.9 Å². The van der Waals surface area contributed by atoms with Gasteiger partial charge in [0.1, 0.15) is 16.5 Å². The quantitative estimate of drug-likeness (QED) is 0.404. The van der Waals surface area contributed by atoms with E-state index < -0.39 is 11.9 Å². The zero-order valence-corrected chi connectivity index (χ0v) is 19.9. The molecule has 0 aliphatic carbocycles. The number of nitrogens with one attached hydrogen (secondary N) is 1. The highest BCUT2D eigenvalue weighted by Crippen LogP contribution is 2.34. The van der Waals surface area contributed by atoms with Crippen LogP contribution in [-0.2, 0) is 9.53 Å². The van der Waals surface area contributed by atoms with Crippen molar-refractivity contribution in [1.82, 2.24) is 4.98 Å². The Balaban J connectivity index is 1.64. The third kappa shape index (κ3) is 6.21. The number of nitrogens with zero attached hydrogens (tertiary/aromatic N) is 1. The fraction of sp³-hybridized carbons (Fsp3) is 0.174. The van der Waals surface area contributed by atoms with Crippen LogP contribution in [0.5, 0.6) is 28.9 Å². The highest BCUT2D eigenvalue weighted by atomic mass is 35.5. The van der Waals surface area contributed by atoms with Crippen LogP contribution in [0.1, 0.15) is 10.4 Å². The van der Waals surface area contributed by atoms with Gasteiger partial charge in [-0.15, -0.1) is 0 Å². The summed E-state index contributed by atoms with van der Waals surface area (Å²) in [6.07, 6.45) is 1.42. The number of carbonyl (C=O) groups excluding carboxylic acids is 2. The second-order valence-corrected chi connectivity index (χ2v) is 7.44. The van der Waals surface area contributed by atoms with E-state index >= 15 is 0 Å². The average molecular weight is 507 g/mol. The molecule has 0 saturated heterocycles. The van der Waals surface area contributed by atoms with Crippen LogP contribution in [0.3, 0.4) is 0 Å². The Bertz CT molecular complexity index is 1190. The fourth-order valence-corrected chi connectivity index (χ4v) is 3.21. The number of esters is 1. The largest absolute Gasteiger partial charge is 0.493 e. The molecule has 3 aromatic rings. The molecule has 0 aliphatic rings. The molecule has 0 unspecified atom stereocenters. The van der Waals surface area contributed by atoms with E-state index in [9.17, 15) is 9.59 Å². The molecule has 178 valence electrons. The van der Waals surface area contributed by atoms with Gasteiger partial charge in [-0.05, 0) is 30.3 Å². The van der Waals surface area contributed by atoms with Crippen LogP contribution in [0.4, 0.5) is 5.69 Å². The molecule has 34 heavy (non-hydrogen) atoms. The summed E-state index contributed by atoms with van der Waals surface area (Å²) in [6, 6.07) is 10.9. The van der Waals surface area contributed by atoms with Gasteiger partial charge in [-0.1, -0.05) is 23.2 Å². The summed E-state index contributed by atoms with van der Waals surface area (Å²) in [4.78, 5) is 28.6. The number of anilines is 1. The number of rotatable bonds is 9. The third-order valence-electron chi connectivity index (χ3n) is 4.39. The summed E-state index contributed by atoms with van der Waals surface area (Å²) in [6.45, 7) is -0.320. The van der Waals surface area contributed by atoms with Gasteiger partial charge < -0.3 is 29.0 Å². The van der Waals surface area contributed by atoms with Crippen LogP contribution >= 0.6 is 23.2 Å². The van der Waals surface area contributed by atoms with Crippen molar-refractivity contribution in [3.63, 3.8) is 0 Å². The Morgan fingerprint density at radius 3 is 2.21 bits per heavy atom. The number of hydrogen-bond donors (Lipinski definition) is 1. The fourth-order valence-electron chi connectivity index (χ4n) is 2.79. The monoisotopic (exact) mass is 506 g/mol. The van der Waals surface area contributed by atoms with Crippen molar-refractivity contribution >= 4 is 40.8 Å². The second kappa shape index (κ2) is 11.4. The molecule has 0 atom stereocenters. The van der Waals surface area contributed by atoms with Gasteiger partial charge in [0.25, 0.3) is 5.91 Å². The number of aromatic nitrogens is 1. The van der Waals surface area contributed by atoms with Crippen LogP contribution in [0.25, 0.3) is 0 Å². The maximum absolute atomic E-state index is 12.5. The van der Waals surface area contributed by atoms with Crippen molar-refractivity contribution in [2.24, 2.45) is 0 Å². The summed E-state index contributed by atoms with van der Waals surface area (Å²) in [5.74, 6) is 0.569. The van der Waals surface area contributed by atoms with Crippen molar-refractivity contribution < 1.29 is 33.3 Å². The SMILES string of the molecule is COC(=O)c1cc(OC)c(OC)cc1NC(=O)COc1ccc(Oc2ncc(Cl)cc2Cl)cc1. The molecule has 1 amide bonds. The third-order valence-corrected chi connectivity index (χ3v) is 4.86. The lowest BCUT2D eigenvalue weighted by Crippen LogP contribution is -2.22. The van der Waals surface area contributed by atoms with Gasteiger partial charge in [0.15, 0.2) is 18.1 Å². The number of amides is 1. The van der Waals surface area contributed by atoms with Crippen molar-refractivity contribution in [3.05, 3.63) is 64.3 Å². The molecule has 0 radical (unpaired) electrons. The van der Waals surface area contributed by atoms with Gasteiger partial charge in [0.2, 0.25) is 5.88 Å². The van der Waals surface area contributed by atoms with Gasteiger partial charge in [0.05, 0.1) is 37.6 Å². The predicted molar refractivity (Wildman–Crippen MR) is 126 cm³/mol. The smallest absolute Gasteiger partial charge is 0.340 e. The van der Waals surface area contributed by atoms with Crippen LogP contribution in [-0.4, -0.2) is 44.8 Å². The summed E-state index contributed by atoms with van der Waals surface area (Å²) >= 11 is 11.9. The minimum Gasteiger partial charge on any atom is -0.493 e. The second-order valence-electron chi connectivity index (χ2n) is 6.60. The van der Waals surface area contributed by atoms with E-state index in [4.69, 9.17) is 46.9 Å². The van der Waals surface area contributed by atoms with Crippen molar-refractivity contribution in [2.45, 2.75) is 0 Å². The highest BCUT2D eigenvalue weighted by molar-refractivity contribution is 6.35. The number of carbonyl (C=O) groups is 2. The van der Waals surface area contributed by atoms with Crippen LogP contribution in [0.2, 0.25) is 10.0 Å². The minimum atomic E-state index is -0.650. The van der Waals surface area contributed by atoms with E-state index in [2.05, 4.69) is 10.3 Å². The molecule has 0 aliphatic heterocycles. The molecule has 3 rings (SSSR count). The van der Waals surface area contributed by atoms with Gasteiger partial charge in [-0.2, -0.15) is 0 Å². The van der Waals surface area contributed by atoms with Crippen molar-refractivity contribution in [2.75, 3.05) is 33.3 Å². The summed E-state index contributed by atoms with van der Waals surface area (Å²) in [5.41, 5.74) is 0.290. The van der Waals surface area contributed by atoms with Crippen LogP contribution < -0.4 is 24.3 Å². The molecule has 2 aromatic carbocycles. The summed E-state index contributed by atoms with van der Waals surface area (Å²) in [7, 11) is 4.11. The number of methoxy groups -OCH3 is 3. The lowest BCUT2D eigenvalue weighted by molar-refractivity contribution is -0.118. The number of hydrogen-bond acceptors (Lipinski definition) is 8. The number of pyridine rings is 1. The number of ether oxygens (including phenoxy) is 5. The molecular weight excluding hydrogens is 487 g/mol. The van der Waals surface area contributed by atoms with Gasteiger partial charge in [-0.3, -0.25) is 4.79 Å². The summed E-state index contributed by atoms with van der Waals surface area (Å²) < 4.78 is 26.3. The minimum absolute atomic E-state index is 0.101. The average Bonchev–Trinajstić information content (AvgIpc) is 2.84. The first-order valence-corrected chi connectivity index (χ1v) is 10.5. The number of halogens is 2. The summed E-state index contributed by atoms with van der Waals surface area (Å²) in [5, 5.41) is 3.28. The van der Waals surface area contributed by atoms with Crippen LogP contribution in [0, 0.1) is 0 Å². The van der Waals surface area contributed by atoms with E-state index in [0.717, 1.165) is 0 Å². The predicted octanol–water partition coefficient (Wildman–Crippen LogP) is 5.00. The lowest BCUT2D eigenvalue weighted by atomic mass is 10.1. The first kappa shape index (κ1) is 24.9. The molecular formula is C23H20Cl2N2O7. The zero-order valence-electron chi connectivity index (χ0n) is 18.4. The maximum Gasteiger partial charge on any atom is 0.340 e. The molecule has 0 fully saturated rings. The molecule has 11 heteroatoms. The van der Waals surface area contributed by atoms with Crippen LogP contribution in [0.15, 0.2) is 48.7 Å². The Labute approximate surface area is 205 Å². The Morgan fingerprint density at radius 2 is 1.59 bits per heavy atom. The van der Waals surface area contributed by atoms with E-state index in [-0.39, 0.29) is 28.8 Å². The Hall–Kier alpha value is -3.69. The molecule has 0 spiro atoms. The molecule has 1 N–H and O–H groups in total. The van der Waals surface area contributed by atoms with E-state index in [1.54, 1.807) is 24.3 Å². The zero-order chi connectivity index (χ0) is 24.7. The Morgan fingerprint density at radius 1 is 0.941 bits per heavy atom.